The van der Waals surface area contributed by atoms with E-state index < -0.39 is 0 Å². The van der Waals surface area contributed by atoms with Crippen LogP contribution < -0.4 is 0 Å². The van der Waals surface area contributed by atoms with Crippen molar-refractivity contribution in [2.45, 2.75) is 31.5 Å². The van der Waals surface area contributed by atoms with Crippen LogP contribution in [0.2, 0.25) is 0 Å². The van der Waals surface area contributed by atoms with Crippen molar-refractivity contribution in [3.8, 4) is 0 Å². The van der Waals surface area contributed by atoms with Crippen molar-refractivity contribution < 1.29 is 9.47 Å². The molecule has 2 atom stereocenters. The van der Waals surface area contributed by atoms with Crippen LogP contribution in [0.25, 0.3) is 0 Å². The lowest BCUT2D eigenvalue weighted by Crippen LogP contribution is -2.08. The summed E-state index contributed by atoms with van der Waals surface area (Å²) in [5.74, 6) is 0. The Morgan fingerprint density at radius 2 is 2.10 bits per heavy atom. The van der Waals surface area contributed by atoms with Gasteiger partial charge >= 0.3 is 0 Å². The third-order valence-corrected chi connectivity index (χ3v) is 1.96. The van der Waals surface area contributed by atoms with Crippen molar-refractivity contribution in [2.75, 3.05) is 7.11 Å². The average molecular weight is 142 g/mol. The van der Waals surface area contributed by atoms with Gasteiger partial charge in [-0.05, 0) is 12.8 Å². The second kappa shape index (κ2) is 3.62. The monoisotopic (exact) mass is 142 g/mol. The molecule has 0 amide bonds. The summed E-state index contributed by atoms with van der Waals surface area (Å²) >= 11 is 0. The molecule has 10 heavy (non-hydrogen) atoms. The van der Waals surface area contributed by atoms with Crippen molar-refractivity contribution in [3.63, 3.8) is 0 Å². The quantitative estimate of drug-likeness (QED) is 0.558. The van der Waals surface area contributed by atoms with Crippen molar-refractivity contribution in [1.29, 1.82) is 0 Å². The van der Waals surface area contributed by atoms with E-state index in [1.165, 1.54) is 6.26 Å². The molecule has 1 saturated carbocycles. The Kier molecular flexibility index (Phi) is 2.75. The van der Waals surface area contributed by atoms with Crippen LogP contribution in [0, 0.1) is 0 Å². The molecule has 2 nitrogen and oxygen atoms in total. The molecule has 58 valence electrons. The maximum absolute atomic E-state index is 5.22. The van der Waals surface area contributed by atoms with Crippen molar-refractivity contribution in [3.05, 3.63) is 12.8 Å². The molecule has 0 N–H and O–H groups in total. The molecular weight excluding hydrogens is 128 g/mol. The normalized spacial score (nSPS) is 32.1. The highest BCUT2D eigenvalue weighted by Gasteiger charge is 2.24. The fraction of sp³-hybridized carbons (Fsp3) is 0.750. The van der Waals surface area contributed by atoms with Crippen LogP contribution in [-0.4, -0.2) is 19.3 Å². The van der Waals surface area contributed by atoms with E-state index in [0.29, 0.717) is 12.2 Å². The molecule has 0 saturated heterocycles. The summed E-state index contributed by atoms with van der Waals surface area (Å²) < 4.78 is 10.4. The zero-order valence-corrected chi connectivity index (χ0v) is 6.38. The Hall–Kier alpha value is -0.500. The third kappa shape index (κ3) is 1.74. The number of hydrogen-bond acceptors (Lipinski definition) is 2. The zero-order valence-electron chi connectivity index (χ0n) is 6.38. The molecule has 0 heterocycles. The smallest absolute Gasteiger partial charge is 0.100 e. The van der Waals surface area contributed by atoms with Gasteiger partial charge in [-0.25, -0.2) is 0 Å². The first-order valence-corrected chi connectivity index (χ1v) is 3.66. The summed E-state index contributed by atoms with van der Waals surface area (Å²) in [5.41, 5.74) is 0. The van der Waals surface area contributed by atoms with Gasteiger partial charge in [-0.15, -0.1) is 0 Å². The molecule has 0 aliphatic heterocycles. The highest BCUT2D eigenvalue weighted by atomic mass is 16.5. The minimum atomic E-state index is 0.349. The van der Waals surface area contributed by atoms with E-state index in [1.807, 2.05) is 0 Å². The predicted octanol–water partition coefficient (Wildman–Crippen LogP) is 1.71. The van der Waals surface area contributed by atoms with Crippen molar-refractivity contribution >= 4 is 0 Å². The van der Waals surface area contributed by atoms with Crippen LogP contribution in [0.1, 0.15) is 19.3 Å². The molecule has 0 radical (unpaired) electrons. The largest absolute Gasteiger partial charge is 0.499 e. The van der Waals surface area contributed by atoms with Gasteiger partial charge in [-0.3, -0.25) is 0 Å². The number of hydrogen-bond donors (Lipinski definition) is 0. The predicted molar refractivity (Wildman–Crippen MR) is 39.7 cm³/mol. The summed E-state index contributed by atoms with van der Waals surface area (Å²) in [6, 6.07) is 0. The van der Waals surface area contributed by atoms with E-state index in [9.17, 15) is 0 Å². The fourth-order valence-electron chi connectivity index (χ4n) is 1.37. The van der Waals surface area contributed by atoms with Crippen molar-refractivity contribution in [1.82, 2.24) is 0 Å². The van der Waals surface area contributed by atoms with Crippen molar-refractivity contribution in [2.24, 2.45) is 0 Å². The molecule has 1 aliphatic rings. The van der Waals surface area contributed by atoms with E-state index in [4.69, 9.17) is 9.47 Å². The van der Waals surface area contributed by atoms with E-state index >= 15 is 0 Å². The van der Waals surface area contributed by atoms with E-state index in [-0.39, 0.29) is 0 Å². The first-order chi connectivity index (χ1) is 4.86. The van der Waals surface area contributed by atoms with Gasteiger partial charge in [0.05, 0.1) is 12.4 Å². The Balaban J connectivity index is 2.21. The summed E-state index contributed by atoms with van der Waals surface area (Å²) in [5, 5.41) is 0. The van der Waals surface area contributed by atoms with Crippen LogP contribution in [0.5, 0.6) is 0 Å². The highest BCUT2D eigenvalue weighted by Crippen LogP contribution is 2.23. The molecule has 0 aromatic carbocycles. The van der Waals surface area contributed by atoms with Crippen LogP contribution in [0.15, 0.2) is 12.8 Å². The number of rotatable bonds is 3. The van der Waals surface area contributed by atoms with Crippen LogP contribution >= 0.6 is 0 Å². The van der Waals surface area contributed by atoms with Gasteiger partial charge in [0.1, 0.15) is 6.10 Å². The maximum Gasteiger partial charge on any atom is 0.100 e. The number of ether oxygens (including phenoxy) is 2. The molecule has 1 rings (SSSR count). The van der Waals surface area contributed by atoms with Crippen LogP contribution in [0.3, 0.4) is 0 Å². The average Bonchev–Trinajstić information content (AvgIpc) is 2.37. The van der Waals surface area contributed by atoms with Gasteiger partial charge < -0.3 is 9.47 Å². The van der Waals surface area contributed by atoms with E-state index in [0.717, 1.165) is 19.3 Å². The molecule has 0 aromatic heterocycles. The maximum atomic E-state index is 5.22. The Labute approximate surface area is 61.8 Å². The standard InChI is InChI=1S/C8H14O2/c1-3-10-8-5-4-7(6-8)9-2/h3,7-8H,1,4-6H2,2H3. The summed E-state index contributed by atoms with van der Waals surface area (Å²) in [6.07, 6.45) is 5.51. The summed E-state index contributed by atoms with van der Waals surface area (Å²) in [6.45, 7) is 3.51. The van der Waals surface area contributed by atoms with Gasteiger partial charge in [0.25, 0.3) is 0 Å². The first-order valence-electron chi connectivity index (χ1n) is 3.66. The first kappa shape index (κ1) is 7.61. The highest BCUT2D eigenvalue weighted by molar-refractivity contribution is 4.77. The second-order valence-corrected chi connectivity index (χ2v) is 2.60. The van der Waals surface area contributed by atoms with Crippen LogP contribution in [-0.2, 0) is 9.47 Å². The zero-order chi connectivity index (χ0) is 7.40. The van der Waals surface area contributed by atoms with Gasteiger partial charge in [-0.1, -0.05) is 6.58 Å². The van der Waals surface area contributed by atoms with E-state index in [2.05, 4.69) is 6.58 Å². The molecule has 2 heteroatoms. The summed E-state index contributed by atoms with van der Waals surface area (Å²) in [7, 11) is 1.75. The Bertz CT molecular complexity index is 112. The minimum absolute atomic E-state index is 0.349. The topological polar surface area (TPSA) is 18.5 Å². The van der Waals surface area contributed by atoms with Gasteiger partial charge in [0.15, 0.2) is 0 Å². The SMILES string of the molecule is C=COC1CCC(OC)C1. The number of methoxy groups -OCH3 is 1. The lowest BCUT2D eigenvalue weighted by molar-refractivity contribution is 0.0841. The molecule has 2 unspecified atom stereocenters. The van der Waals surface area contributed by atoms with Gasteiger partial charge in [0.2, 0.25) is 0 Å². The lowest BCUT2D eigenvalue weighted by Gasteiger charge is -2.08. The lowest BCUT2D eigenvalue weighted by atomic mass is 10.3. The Morgan fingerprint density at radius 3 is 2.60 bits per heavy atom. The molecule has 0 spiro atoms. The third-order valence-electron chi connectivity index (χ3n) is 1.96. The molecule has 1 fully saturated rings. The second-order valence-electron chi connectivity index (χ2n) is 2.60. The minimum Gasteiger partial charge on any atom is -0.499 e. The van der Waals surface area contributed by atoms with E-state index in [1.54, 1.807) is 7.11 Å². The van der Waals surface area contributed by atoms with Crippen LogP contribution in [0.4, 0.5) is 0 Å². The molecule has 1 aliphatic carbocycles. The Morgan fingerprint density at radius 1 is 1.40 bits per heavy atom. The molecular formula is C8H14O2. The molecule has 0 aromatic rings. The fourth-order valence-corrected chi connectivity index (χ4v) is 1.37. The van der Waals surface area contributed by atoms with Gasteiger partial charge in [0, 0.05) is 13.5 Å². The van der Waals surface area contributed by atoms with Gasteiger partial charge in [-0.2, -0.15) is 0 Å². The summed E-state index contributed by atoms with van der Waals surface area (Å²) in [4.78, 5) is 0. The molecule has 0 bridgehead atoms.